The van der Waals surface area contributed by atoms with Crippen molar-refractivity contribution in [1.29, 1.82) is 0 Å². The van der Waals surface area contributed by atoms with E-state index in [1.807, 2.05) is 35.0 Å². The number of phenols is 1. The van der Waals surface area contributed by atoms with Gasteiger partial charge in [0.2, 0.25) is 0 Å². The molecule has 0 aliphatic heterocycles. The summed E-state index contributed by atoms with van der Waals surface area (Å²) in [6.07, 6.45) is 3.70. The summed E-state index contributed by atoms with van der Waals surface area (Å²) in [6, 6.07) is 17.5. The van der Waals surface area contributed by atoms with E-state index >= 15 is 0 Å². The van der Waals surface area contributed by atoms with Gasteiger partial charge in [0, 0.05) is 18.1 Å². The zero-order chi connectivity index (χ0) is 16.9. The Morgan fingerprint density at radius 3 is 2.42 bits per heavy atom. The van der Waals surface area contributed by atoms with E-state index in [2.05, 4.69) is 4.99 Å². The Labute approximate surface area is 139 Å². The lowest BCUT2D eigenvalue weighted by Crippen LogP contribution is -1.98. The zero-order valence-electron chi connectivity index (χ0n) is 12.8. The summed E-state index contributed by atoms with van der Waals surface area (Å²) in [5, 5.41) is 18.3. The topological polar surface area (TPSA) is 74.8 Å². The number of aliphatic imine (C=N–C) groups is 1. The number of rotatable bonds is 5. The molecule has 0 saturated heterocycles. The van der Waals surface area contributed by atoms with E-state index in [0.717, 1.165) is 16.9 Å². The van der Waals surface area contributed by atoms with Crippen molar-refractivity contribution < 1.29 is 15.0 Å². The fourth-order valence-electron chi connectivity index (χ4n) is 2.34. The SMILES string of the molecule is O=C(O)c1ccc(CN=Cc2cccn2-c2ccc(O)cc2)cc1. The van der Waals surface area contributed by atoms with Gasteiger partial charge in [-0.1, -0.05) is 12.1 Å². The number of hydrogen-bond donors (Lipinski definition) is 2. The van der Waals surface area contributed by atoms with Crippen LogP contribution in [0.1, 0.15) is 21.6 Å². The summed E-state index contributed by atoms with van der Waals surface area (Å²) in [5.41, 5.74) is 3.07. The molecule has 24 heavy (non-hydrogen) atoms. The van der Waals surface area contributed by atoms with Crippen molar-refractivity contribution in [3.05, 3.63) is 83.7 Å². The molecule has 1 heterocycles. The number of aromatic hydroxyl groups is 1. The Morgan fingerprint density at radius 2 is 1.75 bits per heavy atom. The minimum atomic E-state index is -0.934. The molecule has 0 radical (unpaired) electrons. The minimum absolute atomic E-state index is 0.228. The van der Waals surface area contributed by atoms with Crippen molar-refractivity contribution in [1.82, 2.24) is 4.57 Å². The monoisotopic (exact) mass is 320 g/mol. The first-order valence-corrected chi connectivity index (χ1v) is 7.42. The maximum Gasteiger partial charge on any atom is 0.335 e. The third-order valence-electron chi connectivity index (χ3n) is 3.61. The third-order valence-corrected chi connectivity index (χ3v) is 3.61. The molecule has 0 aliphatic rings. The van der Waals surface area contributed by atoms with Gasteiger partial charge in [-0.25, -0.2) is 4.79 Å². The maximum atomic E-state index is 10.8. The Hall–Kier alpha value is -3.34. The third kappa shape index (κ3) is 3.52. The summed E-state index contributed by atoms with van der Waals surface area (Å²) in [4.78, 5) is 15.2. The van der Waals surface area contributed by atoms with Crippen LogP contribution in [0.25, 0.3) is 5.69 Å². The van der Waals surface area contributed by atoms with Gasteiger partial charge in [0.25, 0.3) is 0 Å². The highest BCUT2D eigenvalue weighted by Gasteiger charge is 2.02. The number of hydrogen-bond acceptors (Lipinski definition) is 3. The number of carbonyl (C=O) groups is 1. The van der Waals surface area contributed by atoms with Gasteiger partial charge in [0.1, 0.15) is 5.75 Å². The van der Waals surface area contributed by atoms with Gasteiger partial charge in [-0.3, -0.25) is 4.99 Å². The summed E-state index contributed by atoms with van der Waals surface area (Å²) in [5.74, 6) is -0.706. The van der Waals surface area contributed by atoms with Gasteiger partial charge < -0.3 is 14.8 Å². The Bertz CT molecular complexity index is 862. The number of benzene rings is 2. The van der Waals surface area contributed by atoms with E-state index < -0.39 is 5.97 Å². The molecule has 0 unspecified atom stereocenters. The van der Waals surface area contributed by atoms with E-state index in [1.165, 1.54) is 0 Å². The molecule has 2 N–H and O–H groups in total. The van der Waals surface area contributed by atoms with Gasteiger partial charge in [0.05, 0.1) is 17.8 Å². The first-order valence-electron chi connectivity index (χ1n) is 7.42. The van der Waals surface area contributed by atoms with Crippen LogP contribution in [-0.2, 0) is 6.54 Å². The van der Waals surface area contributed by atoms with Crippen molar-refractivity contribution >= 4 is 12.2 Å². The van der Waals surface area contributed by atoms with Crippen LogP contribution < -0.4 is 0 Å². The summed E-state index contributed by atoms with van der Waals surface area (Å²) >= 11 is 0. The molecular formula is C19H16N2O3. The fourth-order valence-corrected chi connectivity index (χ4v) is 2.34. The predicted octanol–water partition coefficient (Wildman–Crippen LogP) is 3.50. The van der Waals surface area contributed by atoms with Crippen molar-refractivity contribution in [3.63, 3.8) is 0 Å². The molecule has 0 saturated carbocycles. The number of carboxylic acid groups (broad SMARTS) is 1. The van der Waals surface area contributed by atoms with Crippen LogP contribution in [0.5, 0.6) is 5.75 Å². The molecule has 5 heteroatoms. The second-order valence-corrected chi connectivity index (χ2v) is 5.29. The number of phenolic OH excluding ortho intramolecular Hbond substituents is 1. The lowest BCUT2D eigenvalue weighted by molar-refractivity contribution is 0.0697. The largest absolute Gasteiger partial charge is 0.508 e. The smallest absolute Gasteiger partial charge is 0.335 e. The predicted molar refractivity (Wildman–Crippen MR) is 92.1 cm³/mol. The molecule has 0 fully saturated rings. The Morgan fingerprint density at radius 1 is 1.04 bits per heavy atom. The van der Waals surface area contributed by atoms with Crippen LogP contribution in [0.15, 0.2) is 71.9 Å². The minimum Gasteiger partial charge on any atom is -0.508 e. The molecule has 5 nitrogen and oxygen atoms in total. The number of nitrogens with zero attached hydrogens (tertiary/aromatic N) is 2. The molecule has 2 aromatic carbocycles. The Kier molecular flexibility index (Phi) is 4.43. The zero-order valence-corrected chi connectivity index (χ0v) is 12.8. The van der Waals surface area contributed by atoms with Crippen LogP contribution in [0.2, 0.25) is 0 Å². The lowest BCUT2D eigenvalue weighted by atomic mass is 10.1. The number of carboxylic acids is 1. The van der Waals surface area contributed by atoms with Gasteiger partial charge >= 0.3 is 5.97 Å². The van der Waals surface area contributed by atoms with E-state index in [4.69, 9.17) is 5.11 Å². The fraction of sp³-hybridized carbons (Fsp3) is 0.0526. The van der Waals surface area contributed by atoms with E-state index in [0.29, 0.717) is 6.54 Å². The molecule has 1 aromatic heterocycles. The van der Waals surface area contributed by atoms with E-state index in [-0.39, 0.29) is 11.3 Å². The van der Waals surface area contributed by atoms with Crippen LogP contribution in [-0.4, -0.2) is 27.0 Å². The quantitative estimate of drug-likeness (QED) is 0.707. The van der Waals surface area contributed by atoms with Crippen LogP contribution in [0.4, 0.5) is 0 Å². The Balaban J connectivity index is 1.72. The molecule has 120 valence electrons. The first-order chi connectivity index (χ1) is 11.6. The maximum absolute atomic E-state index is 10.8. The average molecular weight is 320 g/mol. The molecule has 0 aliphatic carbocycles. The molecule has 0 spiro atoms. The van der Waals surface area contributed by atoms with Gasteiger partial charge in [-0.15, -0.1) is 0 Å². The van der Waals surface area contributed by atoms with E-state index in [9.17, 15) is 9.90 Å². The van der Waals surface area contributed by atoms with Crippen molar-refractivity contribution in [2.45, 2.75) is 6.54 Å². The molecule has 0 bridgehead atoms. The van der Waals surface area contributed by atoms with Gasteiger partial charge in [-0.2, -0.15) is 0 Å². The highest BCUT2D eigenvalue weighted by atomic mass is 16.4. The first kappa shape index (κ1) is 15.6. The lowest BCUT2D eigenvalue weighted by Gasteiger charge is -2.06. The average Bonchev–Trinajstić information content (AvgIpc) is 3.04. The highest BCUT2D eigenvalue weighted by Crippen LogP contribution is 2.16. The molecule has 0 atom stereocenters. The van der Waals surface area contributed by atoms with Crippen molar-refractivity contribution in [2.24, 2.45) is 4.99 Å². The second kappa shape index (κ2) is 6.83. The van der Waals surface area contributed by atoms with Gasteiger partial charge in [0.15, 0.2) is 0 Å². The van der Waals surface area contributed by atoms with Crippen LogP contribution in [0.3, 0.4) is 0 Å². The number of aromatic carboxylic acids is 1. The normalized spacial score (nSPS) is 11.0. The number of aromatic nitrogens is 1. The van der Waals surface area contributed by atoms with E-state index in [1.54, 1.807) is 42.6 Å². The van der Waals surface area contributed by atoms with Crippen LogP contribution in [0, 0.1) is 0 Å². The molecule has 0 amide bonds. The molecule has 3 rings (SSSR count). The standard InChI is InChI=1S/C19H16N2O3/c22-18-9-7-16(8-10-18)21-11-1-2-17(21)13-20-12-14-3-5-15(6-4-14)19(23)24/h1-11,13,22H,12H2,(H,23,24). The summed E-state index contributed by atoms with van der Waals surface area (Å²) in [6.45, 7) is 0.473. The second-order valence-electron chi connectivity index (χ2n) is 5.29. The van der Waals surface area contributed by atoms with Crippen molar-refractivity contribution in [3.8, 4) is 11.4 Å². The summed E-state index contributed by atoms with van der Waals surface area (Å²) < 4.78 is 1.97. The molecular weight excluding hydrogens is 304 g/mol. The molecule has 3 aromatic rings. The van der Waals surface area contributed by atoms with Crippen molar-refractivity contribution in [2.75, 3.05) is 0 Å². The van der Waals surface area contributed by atoms with Crippen LogP contribution >= 0.6 is 0 Å². The summed E-state index contributed by atoms with van der Waals surface area (Å²) in [7, 11) is 0. The van der Waals surface area contributed by atoms with Gasteiger partial charge in [-0.05, 0) is 54.1 Å². The highest BCUT2D eigenvalue weighted by molar-refractivity contribution is 5.87.